The Morgan fingerprint density at radius 1 is 1.08 bits per heavy atom. The van der Waals surface area contributed by atoms with Gasteiger partial charge in [0.25, 0.3) is 0 Å². The van der Waals surface area contributed by atoms with Crippen molar-refractivity contribution in [3.63, 3.8) is 0 Å². The summed E-state index contributed by atoms with van der Waals surface area (Å²) in [5, 5.41) is 5.22. The van der Waals surface area contributed by atoms with Gasteiger partial charge in [0.2, 0.25) is 0 Å². The fourth-order valence-electron chi connectivity index (χ4n) is 3.36. The molecule has 0 saturated carbocycles. The van der Waals surface area contributed by atoms with Crippen LogP contribution in [0.25, 0.3) is 10.8 Å². The molecule has 2 amide bonds. The average molecular weight is 347 g/mol. The molecule has 3 aromatic rings. The fourth-order valence-corrected chi connectivity index (χ4v) is 3.36. The molecular weight excluding hydrogens is 326 g/mol. The lowest BCUT2D eigenvalue weighted by Crippen LogP contribution is -2.46. The van der Waals surface area contributed by atoms with Crippen molar-refractivity contribution in [2.24, 2.45) is 0 Å². The number of aromatic nitrogens is 1. The lowest BCUT2D eigenvalue weighted by Gasteiger charge is -2.33. The van der Waals surface area contributed by atoms with E-state index >= 15 is 0 Å². The Bertz CT molecular complexity index is 893. The summed E-state index contributed by atoms with van der Waals surface area (Å²) in [7, 11) is 0. The van der Waals surface area contributed by atoms with Crippen molar-refractivity contribution in [1.82, 2.24) is 9.88 Å². The number of pyridine rings is 1. The van der Waals surface area contributed by atoms with Crippen LogP contribution >= 0.6 is 0 Å². The van der Waals surface area contributed by atoms with Crippen LogP contribution in [0.5, 0.6) is 5.75 Å². The minimum Gasteiger partial charge on any atom is -0.488 e. The number of urea groups is 1. The Labute approximate surface area is 152 Å². The van der Waals surface area contributed by atoms with E-state index in [0.29, 0.717) is 6.54 Å². The third kappa shape index (κ3) is 3.61. The van der Waals surface area contributed by atoms with Crippen LogP contribution < -0.4 is 10.1 Å². The van der Waals surface area contributed by atoms with Gasteiger partial charge < -0.3 is 15.0 Å². The lowest BCUT2D eigenvalue weighted by molar-refractivity contribution is 0.106. The van der Waals surface area contributed by atoms with Gasteiger partial charge in [-0.25, -0.2) is 4.79 Å². The Balaban J connectivity index is 1.44. The Morgan fingerprint density at radius 2 is 1.88 bits per heavy atom. The van der Waals surface area contributed by atoms with Crippen LogP contribution in [0.15, 0.2) is 67.0 Å². The molecule has 5 heteroatoms. The van der Waals surface area contributed by atoms with Crippen molar-refractivity contribution in [2.45, 2.75) is 18.9 Å². The maximum absolute atomic E-state index is 12.8. The first-order valence-corrected chi connectivity index (χ1v) is 8.90. The van der Waals surface area contributed by atoms with Gasteiger partial charge in [-0.15, -0.1) is 0 Å². The van der Waals surface area contributed by atoms with Gasteiger partial charge in [0.05, 0.1) is 12.2 Å². The predicted octanol–water partition coefficient (Wildman–Crippen LogP) is 4.31. The molecular formula is C21H21N3O2. The first-order valence-electron chi connectivity index (χ1n) is 8.90. The van der Waals surface area contributed by atoms with Crippen molar-refractivity contribution in [3.05, 3.63) is 67.0 Å². The number of benzene rings is 2. The molecule has 1 aliphatic heterocycles. The number of hydrogen-bond acceptors (Lipinski definition) is 3. The summed E-state index contributed by atoms with van der Waals surface area (Å²) in [6, 6.07) is 17.6. The normalized spacial score (nSPS) is 17.1. The maximum Gasteiger partial charge on any atom is 0.321 e. The van der Waals surface area contributed by atoms with Crippen LogP contribution in [-0.4, -0.2) is 35.1 Å². The largest absolute Gasteiger partial charge is 0.488 e. The van der Waals surface area contributed by atoms with E-state index in [-0.39, 0.29) is 12.1 Å². The van der Waals surface area contributed by atoms with Crippen LogP contribution in [0.2, 0.25) is 0 Å². The molecule has 1 saturated heterocycles. The number of anilines is 1. The summed E-state index contributed by atoms with van der Waals surface area (Å²) in [4.78, 5) is 18.6. The van der Waals surface area contributed by atoms with Crippen molar-refractivity contribution >= 4 is 22.5 Å². The zero-order valence-corrected chi connectivity index (χ0v) is 14.5. The first kappa shape index (κ1) is 16.4. The van der Waals surface area contributed by atoms with Crippen LogP contribution in [0.3, 0.4) is 0 Å². The minimum absolute atomic E-state index is 0.00409. The van der Waals surface area contributed by atoms with Gasteiger partial charge in [0.15, 0.2) is 0 Å². The lowest BCUT2D eigenvalue weighted by atomic mass is 10.1. The van der Waals surface area contributed by atoms with Crippen molar-refractivity contribution in [3.8, 4) is 5.75 Å². The van der Waals surface area contributed by atoms with Crippen molar-refractivity contribution in [2.75, 3.05) is 18.4 Å². The maximum atomic E-state index is 12.8. The van der Waals surface area contributed by atoms with Crippen LogP contribution in [-0.2, 0) is 0 Å². The van der Waals surface area contributed by atoms with Gasteiger partial charge >= 0.3 is 6.03 Å². The SMILES string of the molecule is O=C(Nc1cccc2ccccc12)N1CCCC(Oc2ccncc2)C1. The number of nitrogens with one attached hydrogen (secondary N) is 1. The van der Waals surface area contributed by atoms with E-state index in [0.717, 1.165) is 41.6 Å². The van der Waals surface area contributed by atoms with Crippen LogP contribution in [0.4, 0.5) is 10.5 Å². The number of rotatable bonds is 3. The molecule has 1 unspecified atom stereocenters. The van der Waals surface area contributed by atoms with Gasteiger partial charge in [0, 0.05) is 24.3 Å². The zero-order valence-electron chi connectivity index (χ0n) is 14.5. The number of piperidine rings is 1. The number of nitrogens with zero attached hydrogens (tertiary/aromatic N) is 2. The van der Waals surface area contributed by atoms with Crippen LogP contribution in [0.1, 0.15) is 12.8 Å². The topological polar surface area (TPSA) is 54.5 Å². The van der Waals surface area contributed by atoms with Gasteiger partial charge in [-0.1, -0.05) is 36.4 Å². The highest BCUT2D eigenvalue weighted by molar-refractivity contribution is 6.01. The molecule has 1 fully saturated rings. The van der Waals surface area contributed by atoms with E-state index in [1.165, 1.54) is 0 Å². The molecule has 4 rings (SSSR count). The summed E-state index contributed by atoms with van der Waals surface area (Å²) in [5.74, 6) is 0.793. The second kappa shape index (κ2) is 7.44. The number of carbonyl (C=O) groups is 1. The van der Waals surface area contributed by atoms with E-state index in [4.69, 9.17) is 4.74 Å². The van der Waals surface area contributed by atoms with Gasteiger partial charge in [-0.05, 0) is 36.4 Å². The number of fused-ring (bicyclic) bond motifs is 1. The fraction of sp³-hybridized carbons (Fsp3) is 0.238. The van der Waals surface area contributed by atoms with E-state index < -0.39 is 0 Å². The molecule has 2 heterocycles. The summed E-state index contributed by atoms with van der Waals surface area (Å²) >= 11 is 0. The molecule has 0 radical (unpaired) electrons. The third-order valence-electron chi connectivity index (χ3n) is 4.65. The summed E-state index contributed by atoms with van der Waals surface area (Å²) < 4.78 is 5.99. The van der Waals surface area contributed by atoms with E-state index in [9.17, 15) is 4.79 Å². The molecule has 1 aromatic heterocycles. The molecule has 0 aliphatic carbocycles. The molecule has 1 N–H and O–H groups in total. The molecule has 132 valence electrons. The first-order chi connectivity index (χ1) is 12.8. The second-order valence-electron chi connectivity index (χ2n) is 6.47. The predicted molar refractivity (Wildman–Crippen MR) is 102 cm³/mol. The molecule has 2 aromatic carbocycles. The Kier molecular flexibility index (Phi) is 4.69. The van der Waals surface area contributed by atoms with Crippen molar-refractivity contribution in [1.29, 1.82) is 0 Å². The Morgan fingerprint density at radius 3 is 2.77 bits per heavy atom. The number of hydrogen-bond donors (Lipinski definition) is 1. The standard InChI is InChI=1S/C21H21N3O2/c25-21(23-20-9-3-6-16-5-1-2-8-19(16)20)24-14-4-7-18(15-24)26-17-10-12-22-13-11-17/h1-3,5-6,8-13,18H,4,7,14-15H2,(H,23,25). The summed E-state index contributed by atoms with van der Waals surface area (Å²) in [6.07, 6.45) is 5.30. The van der Waals surface area contributed by atoms with Crippen LogP contribution in [0, 0.1) is 0 Å². The quantitative estimate of drug-likeness (QED) is 0.768. The highest BCUT2D eigenvalue weighted by atomic mass is 16.5. The molecule has 5 nitrogen and oxygen atoms in total. The summed E-state index contributed by atoms with van der Waals surface area (Å²) in [5.41, 5.74) is 0.838. The van der Waals surface area contributed by atoms with Gasteiger partial charge in [-0.3, -0.25) is 4.98 Å². The van der Waals surface area contributed by atoms with Gasteiger partial charge in [0.1, 0.15) is 11.9 Å². The molecule has 0 bridgehead atoms. The van der Waals surface area contributed by atoms with Gasteiger partial charge in [-0.2, -0.15) is 0 Å². The number of likely N-dealkylation sites (tertiary alicyclic amines) is 1. The molecule has 26 heavy (non-hydrogen) atoms. The average Bonchev–Trinajstić information content (AvgIpc) is 2.69. The highest BCUT2D eigenvalue weighted by Gasteiger charge is 2.25. The third-order valence-corrected chi connectivity index (χ3v) is 4.65. The van der Waals surface area contributed by atoms with E-state index in [1.807, 2.05) is 59.5 Å². The second-order valence-corrected chi connectivity index (χ2v) is 6.47. The monoisotopic (exact) mass is 347 g/mol. The number of amides is 2. The molecule has 0 spiro atoms. The number of carbonyl (C=O) groups excluding carboxylic acids is 1. The number of ether oxygens (including phenoxy) is 1. The molecule has 1 aliphatic rings. The van der Waals surface area contributed by atoms with Crippen molar-refractivity contribution < 1.29 is 9.53 Å². The van der Waals surface area contributed by atoms with E-state index in [2.05, 4.69) is 10.3 Å². The zero-order chi connectivity index (χ0) is 17.8. The van der Waals surface area contributed by atoms with E-state index in [1.54, 1.807) is 12.4 Å². The Hall–Kier alpha value is -3.08. The molecule has 1 atom stereocenters. The minimum atomic E-state index is -0.0793. The summed E-state index contributed by atoms with van der Waals surface area (Å²) in [6.45, 7) is 1.33. The highest BCUT2D eigenvalue weighted by Crippen LogP contribution is 2.24. The smallest absolute Gasteiger partial charge is 0.321 e.